The minimum absolute atomic E-state index is 0.139. The first-order valence-electron chi connectivity index (χ1n) is 7.75. The lowest BCUT2D eigenvalue weighted by atomic mass is 10.2. The molecule has 20 heavy (non-hydrogen) atoms. The molecule has 0 aromatic carbocycles. The van der Waals surface area contributed by atoms with Crippen LogP contribution in [0.15, 0.2) is 6.20 Å². The quantitative estimate of drug-likeness (QED) is 0.826. The Morgan fingerprint density at radius 2 is 1.85 bits per heavy atom. The first-order valence-corrected chi connectivity index (χ1v) is 7.75. The van der Waals surface area contributed by atoms with Crippen LogP contribution in [0.2, 0.25) is 0 Å². The van der Waals surface area contributed by atoms with Crippen LogP contribution < -0.4 is 4.90 Å². The van der Waals surface area contributed by atoms with Gasteiger partial charge in [-0.2, -0.15) is 0 Å². The molecule has 4 rings (SSSR count). The van der Waals surface area contributed by atoms with Crippen molar-refractivity contribution >= 4 is 11.9 Å². The number of carbonyl (C=O) groups excluding carboxylic acids is 1. The second-order valence-electron chi connectivity index (χ2n) is 6.10. The first-order chi connectivity index (χ1) is 9.83. The van der Waals surface area contributed by atoms with E-state index in [9.17, 15) is 4.79 Å². The topological polar surface area (TPSA) is 49.3 Å². The molecule has 0 radical (unpaired) electrons. The van der Waals surface area contributed by atoms with E-state index in [1.54, 1.807) is 6.20 Å². The van der Waals surface area contributed by atoms with E-state index in [2.05, 4.69) is 14.9 Å². The van der Waals surface area contributed by atoms with Crippen molar-refractivity contribution in [2.75, 3.05) is 18.0 Å². The molecule has 1 aromatic heterocycles. The monoisotopic (exact) mass is 272 g/mol. The number of rotatable bonds is 2. The van der Waals surface area contributed by atoms with Gasteiger partial charge >= 0.3 is 0 Å². The molecule has 2 aliphatic heterocycles. The number of carbonyl (C=O) groups is 1. The number of anilines is 1. The maximum Gasteiger partial charge on any atom is 0.257 e. The summed E-state index contributed by atoms with van der Waals surface area (Å²) in [4.78, 5) is 25.8. The van der Waals surface area contributed by atoms with Gasteiger partial charge in [-0.1, -0.05) is 12.8 Å². The number of aromatic nitrogens is 2. The van der Waals surface area contributed by atoms with Crippen molar-refractivity contribution in [3.8, 4) is 0 Å². The predicted molar refractivity (Wildman–Crippen MR) is 75.6 cm³/mol. The number of nitrogens with zero attached hydrogens (tertiary/aromatic N) is 4. The predicted octanol–water partition coefficient (Wildman–Crippen LogP) is 1.98. The molecule has 0 atom stereocenters. The van der Waals surface area contributed by atoms with Crippen LogP contribution in [0.1, 0.15) is 54.6 Å². The molecule has 106 valence electrons. The van der Waals surface area contributed by atoms with E-state index in [1.807, 2.05) is 4.90 Å². The lowest BCUT2D eigenvalue weighted by Crippen LogP contribution is -2.33. The fourth-order valence-electron chi connectivity index (χ4n) is 3.67. The fraction of sp³-hybridized carbons (Fsp3) is 0.667. The third-order valence-electron chi connectivity index (χ3n) is 4.82. The Balaban J connectivity index is 1.59. The lowest BCUT2D eigenvalue weighted by molar-refractivity contribution is 0.0706. The van der Waals surface area contributed by atoms with Gasteiger partial charge in [-0.3, -0.25) is 4.79 Å². The van der Waals surface area contributed by atoms with Crippen LogP contribution in [0, 0.1) is 0 Å². The molecule has 3 heterocycles. The Hall–Kier alpha value is -1.65. The Morgan fingerprint density at radius 3 is 2.60 bits per heavy atom. The molecule has 0 unspecified atom stereocenters. The van der Waals surface area contributed by atoms with Crippen LogP contribution in [0.4, 0.5) is 5.95 Å². The van der Waals surface area contributed by atoms with Crippen molar-refractivity contribution in [3.63, 3.8) is 0 Å². The highest BCUT2D eigenvalue weighted by molar-refractivity contribution is 5.97. The van der Waals surface area contributed by atoms with Crippen molar-refractivity contribution in [1.29, 1.82) is 0 Å². The molecule has 0 bridgehead atoms. The lowest BCUT2D eigenvalue weighted by Gasteiger charge is -2.22. The summed E-state index contributed by atoms with van der Waals surface area (Å²) in [7, 11) is 0. The fourth-order valence-corrected chi connectivity index (χ4v) is 3.67. The number of hydrogen-bond donors (Lipinski definition) is 0. The average Bonchev–Trinajstić information content (AvgIpc) is 3.19. The molecule has 1 saturated heterocycles. The van der Waals surface area contributed by atoms with E-state index in [4.69, 9.17) is 0 Å². The van der Waals surface area contributed by atoms with E-state index in [0.29, 0.717) is 12.6 Å². The molecular formula is C15H20N4O. The molecule has 5 heteroatoms. The highest BCUT2D eigenvalue weighted by atomic mass is 16.2. The Bertz CT molecular complexity index is 533. The van der Waals surface area contributed by atoms with Crippen molar-refractivity contribution in [1.82, 2.24) is 14.9 Å². The van der Waals surface area contributed by atoms with Crippen LogP contribution in [0.3, 0.4) is 0 Å². The van der Waals surface area contributed by atoms with E-state index < -0.39 is 0 Å². The SMILES string of the molecule is O=C1c2cnc(N3CCCC3)nc2CN1C1CCCC1. The summed E-state index contributed by atoms with van der Waals surface area (Å²) in [5.74, 6) is 0.946. The van der Waals surface area contributed by atoms with Crippen molar-refractivity contribution in [3.05, 3.63) is 17.5 Å². The third kappa shape index (κ3) is 1.87. The maximum atomic E-state index is 12.4. The van der Waals surface area contributed by atoms with Crippen molar-refractivity contribution in [2.24, 2.45) is 0 Å². The molecule has 0 N–H and O–H groups in total. The molecule has 1 aromatic rings. The molecular weight excluding hydrogens is 252 g/mol. The van der Waals surface area contributed by atoms with Gasteiger partial charge < -0.3 is 9.80 Å². The van der Waals surface area contributed by atoms with Crippen LogP contribution in [-0.4, -0.2) is 39.9 Å². The zero-order chi connectivity index (χ0) is 13.5. The van der Waals surface area contributed by atoms with E-state index in [-0.39, 0.29) is 5.91 Å². The van der Waals surface area contributed by atoms with Crippen molar-refractivity contribution in [2.45, 2.75) is 51.1 Å². The second-order valence-corrected chi connectivity index (χ2v) is 6.10. The normalized spacial score (nSPS) is 22.9. The number of amides is 1. The Morgan fingerprint density at radius 1 is 1.10 bits per heavy atom. The largest absolute Gasteiger partial charge is 0.341 e. The van der Waals surface area contributed by atoms with Crippen LogP contribution >= 0.6 is 0 Å². The Kier molecular flexibility index (Phi) is 2.86. The van der Waals surface area contributed by atoms with Gasteiger partial charge in [-0.15, -0.1) is 0 Å². The molecule has 1 saturated carbocycles. The van der Waals surface area contributed by atoms with E-state index in [1.165, 1.54) is 25.7 Å². The summed E-state index contributed by atoms with van der Waals surface area (Å²) >= 11 is 0. The van der Waals surface area contributed by atoms with Gasteiger partial charge in [0.1, 0.15) is 0 Å². The van der Waals surface area contributed by atoms with Gasteiger partial charge in [-0.25, -0.2) is 9.97 Å². The van der Waals surface area contributed by atoms with E-state index in [0.717, 1.165) is 43.1 Å². The summed E-state index contributed by atoms with van der Waals surface area (Å²) in [5, 5.41) is 0. The highest BCUT2D eigenvalue weighted by Gasteiger charge is 2.35. The van der Waals surface area contributed by atoms with Gasteiger partial charge in [0.05, 0.1) is 17.8 Å². The smallest absolute Gasteiger partial charge is 0.257 e. The van der Waals surface area contributed by atoms with Crippen LogP contribution in [0.5, 0.6) is 0 Å². The number of fused-ring (bicyclic) bond motifs is 1. The zero-order valence-corrected chi connectivity index (χ0v) is 11.7. The van der Waals surface area contributed by atoms with Gasteiger partial charge in [-0.05, 0) is 25.7 Å². The van der Waals surface area contributed by atoms with Gasteiger partial charge in [0.15, 0.2) is 0 Å². The van der Waals surface area contributed by atoms with Gasteiger partial charge in [0.25, 0.3) is 5.91 Å². The van der Waals surface area contributed by atoms with Crippen LogP contribution in [-0.2, 0) is 6.54 Å². The number of hydrogen-bond acceptors (Lipinski definition) is 4. The van der Waals surface area contributed by atoms with E-state index >= 15 is 0 Å². The minimum atomic E-state index is 0.139. The summed E-state index contributed by atoms with van der Waals surface area (Å²) in [6, 6.07) is 0.423. The standard InChI is InChI=1S/C15H20N4O/c20-14-12-9-16-15(18-7-3-4-8-18)17-13(12)10-19(14)11-5-1-2-6-11/h9,11H,1-8,10H2. The maximum absolute atomic E-state index is 12.4. The summed E-state index contributed by atoms with van der Waals surface area (Å²) in [6.45, 7) is 2.76. The molecule has 1 aliphatic carbocycles. The Labute approximate surface area is 119 Å². The van der Waals surface area contributed by atoms with Gasteiger partial charge in [0, 0.05) is 25.3 Å². The third-order valence-corrected chi connectivity index (χ3v) is 4.82. The second kappa shape index (κ2) is 4.72. The zero-order valence-electron chi connectivity index (χ0n) is 11.7. The van der Waals surface area contributed by atoms with Crippen molar-refractivity contribution < 1.29 is 4.79 Å². The van der Waals surface area contributed by atoms with Gasteiger partial charge in [0.2, 0.25) is 5.95 Å². The average molecular weight is 272 g/mol. The molecule has 0 spiro atoms. The summed E-state index contributed by atoms with van der Waals surface area (Å²) in [5.41, 5.74) is 1.65. The minimum Gasteiger partial charge on any atom is -0.341 e. The molecule has 5 nitrogen and oxygen atoms in total. The molecule has 3 aliphatic rings. The summed E-state index contributed by atoms with van der Waals surface area (Å²) < 4.78 is 0. The highest BCUT2D eigenvalue weighted by Crippen LogP contribution is 2.31. The first kappa shape index (κ1) is 12.1. The molecule has 1 amide bonds. The summed E-state index contributed by atoms with van der Waals surface area (Å²) in [6.07, 6.45) is 8.96. The molecule has 2 fully saturated rings. The van der Waals surface area contributed by atoms with Crippen LogP contribution in [0.25, 0.3) is 0 Å².